The van der Waals surface area contributed by atoms with Gasteiger partial charge in [-0.15, -0.1) is 0 Å². The third-order valence-corrected chi connectivity index (χ3v) is 3.73. The summed E-state index contributed by atoms with van der Waals surface area (Å²) in [6, 6.07) is 0. The largest absolute Gasteiger partial charge is 0.469 e. The van der Waals surface area contributed by atoms with Crippen molar-refractivity contribution in [3.05, 3.63) is 0 Å². The topological polar surface area (TPSA) is 46.6 Å². The molecular formula is C15H27NO3. The number of methoxy groups -OCH3 is 1. The van der Waals surface area contributed by atoms with Crippen LogP contribution in [-0.2, 0) is 14.3 Å². The Morgan fingerprint density at radius 3 is 1.74 bits per heavy atom. The van der Waals surface area contributed by atoms with Crippen molar-refractivity contribution in [3.63, 3.8) is 0 Å². The minimum Gasteiger partial charge on any atom is -0.469 e. The fourth-order valence-electron chi connectivity index (χ4n) is 2.50. The number of ether oxygens (including phenoxy) is 1. The van der Waals surface area contributed by atoms with Crippen LogP contribution in [0.2, 0.25) is 0 Å². The molecule has 1 aliphatic carbocycles. The van der Waals surface area contributed by atoms with Gasteiger partial charge >= 0.3 is 5.97 Å². The van der Waals surface area contributed by atoms with Crippen molar-refractivity contribution in [2.45, 2.75) is 64.2 Å². The molecule has 4 heteroatoms. The van der Waals surface area contributed by atoms with Gasteiger partial charge in [-0.05, 0) is 12.8 Å². The standard InChI is InChI=1S/C9H15NO3.C6H12/c1-13-9(12)5-4-8(11)10-6-2-3-7-10;1-2-4-6-5-3-1/h2-7H2,1H3;1-6H2. The highest BCUT2D eigenvalue weighted by atomic mass is 16.5. The summed E-state index contributed by atoms with van der Waals surface area (Å²) < 4.78 is 4.45. The summed E-state index contributed by atoms with van der Waals surface area (Å²) in [5.41, 5.74) is 0. The first-order valence-electron chi connectivity index (χ1n) is 7.58. The van der Waals surface area contributed by atoms with Crippen LogP contribution < -0.4 is 0 Å². The molecule has 0 aromatic rings. The van der Waals surface area contributed by atoms with Gasteiger partial charge in [-0.3, -0.25) is 9.59 Å². The average Bonchev–Trinajstić information content (AvgIpc) is 3.01. The molecule has 19 heavy (non-hydrogen) atoms. The molecule has 2 rings (SSSR count). The second-order valence-corrected chi connectivity index (χ2v) is 5.29. The maximum atomic E-state index is 11.4. The van der Waals surface area contributed by atoms with Gasteiger partial charge < -0.3 is 9.64 Å². The molecule has 110 valence electrons. The van der Waals surface area contributed by atoms with Crippen molar-refractivity contribution >= 4 is 11.9 Å². The summed E-state index contributed by atoms with van der Waals surface area (Å²) in [6.45, 7) is 1.69. The highest BCUT2D eigenvalue weighted by molar-refractivity contribution is 5.81. The smallest absolute Gasteiger partial charge is 0.306 e. The van der Waals surface area contributed by atoms with E-state index in [4.69, 9.17) is 0 Å². The highest BCUT2D eigenvalue weighted by Gasteiger charge is 2.18. The molecule has 0 spiro atoms. The lowest BCUT2D eigenvalue weighted by Crippen LogP contribution is -2.27. The van der Waals surface area contributed by atoms with Crippen molar-refractivity contribution in [2.24, 2.45) is 0 Å². The number of hydrogen-bond donors (Lipinski definition) is 0. The molecule has 1 heterocycles. The van der Waals surface area contributed by atoms with E-state index < -0.39 is 0 Å². The van der Waals surface area contributed by atoms with E-state index in [0.29, 0.717) is 0 Å². The average molecular weight is 269 g/mol. The molecule has 2 aliphatic rings. The molecule has 1 saturated heterocycles. The van der Waals surface area contributed by atoms with Crippen LogP contribution in [0.1, 0.15) is 64.2 Å². The summed E-state index contributed by atoms with van der Waals surface area (Å²) in [6.07, 6.45) is 11.7. The van der Waals surface area contributed by atoms with E-state index in [9.17, 15) is 9.59 Å². The first kappa shape index (κ1) is 16.0. The molecule has 0 radical (unpaired) electrons. The maximum absolute atomic E-state index is 11.4. The number of rotatable bonds is 3. The summed E-state index contributed by atoms with van der Waals surface area (Å²) in [7, 11) is 1.34. The highest BCUT2D eigenvalue weighted by Crippen LogP contribution is 2.15. The zero-order chi connectivity index (χ0) is 13.9. The Bertz CT molecular complexity index is 257. The number of likely N-dealkylation sites (tertiary alicyclic amines) is 1. The first-order chi connectivity index (χ1) is 9.24. The van der Waals surface area contributed by atoms with E-state index in [1.807, 2.05) is 4.90 Å². The fraction of sp³-hybridized carbons (Fsp3) is 0.867. The quantitative estimate of drug-likeness (QED) is 0.740. The summed E-state index contributed by atoms with van der Waals surface area (Å²) in [5, 5.41) is 0. The molecule has 2 fully saturated rings. The lowest BCUT2D eigenvalue weighted by molar-refractivity contribution is -0.143. The molecule has 1 aliphatic heterocycles. The van der Waals surface area contributed by atoms with Crippen LogP contribution in [0.25, 0.3) is 0 Å². The summed E-state index contributed by atoms with van der Waals surface area (Å²) >= 11 is 0. The van der Waals surface area contributed by atoms with Crippen LogP contribution in [0.5, 0.6) is 0 Å². The van der Waals surface area contributed by atoms with Gasteiger partial charge in [0.2, 0.25) is 5.91 Å². The molecule has 0 aromatic carbocycles. The monoisotopic (exact) mass is 269 g/mol. The fourth-order valence-corrected chi connectivity index (χ4v) is 2.50. The van der Waals surface area contributed by atoms with E-state index in [-0.39, 0.29) is 24.7 Å². The van der Waals surface area contributed by atoms with Gasteiger partial charge in [0.25, 0.3) is 0 Å². The number of carbonyl (C=O) groups excluding carboxylic acids is 2. The molecule has 1 amide bonds. The van der Waals surface area contributed by atoms with Crippen molar-refractivity contribution in [2.75, 3.05) is 20.2 Å². The molecule has 0 N–H and O–H groups in total. The van der Waals surface area contributed by atoms with Gasteiger partial charge in [-0.25, -0.2) is 0 Å². The Kier molecular flexibility index (Phi) is 8.26. The number of nitrogens with zero attached hydrogens (tertiary/aromatic N) is 1. The normalized spacial score (nSPS) is 18.5. The van der Waals surface area contributed by atoms with Crippen molar-refractivity contribution in [1.82, 2.24) is 4.90 Å². The van der Waals surface area contributed by atoms with Crippen molar-refractivity contribution in [1.29, 1.82) is 0 Å². The van der Waals surface area contributed by atoms with Gasteiger partial charge in [0.15, 0.2) is 0 Å². The molecule has 4 nitrogen and oxygen atoms in total. The van der Waals surface area contributed by atoms with Gasteiger partial charge in [0, 0.05) is 19.5 Å². The van der Waals surface area contributed by atoms with Crippen LogP contribution in [0.4, 0.5) is 0 Å². The molecular weight excluding hydrogens is 242 g/mol. The maximum Gasteiger partial charge on any atom is 0.306 e. The predicted molar refractivity (Wildman–Crippen MR) is 74.8 cm³/mol. The third kappa shape index (κ3) is 7.19. The Morgan fingerprint density at radius 2 is 1.32 bits per heavy atom. The molecule has 0 unspecified atom stereocenters. The molecule has 0 bridgehead atoms. The summed E-state index contributed by atoms with van der Waals surface area (Å²) in [4.78, 5) is 23.9. The van der Waals surface area contributed by atoms with Crippen LogP contribution in [0, 0.1) is 0 Å². The minimum atomic E-state index is -0.312. The van der Waals surface area contributed by atoms with Gasteiger partial charge in [-0.2, -0.15) is 0 Å². The lowest BCUT2D eigenvalue weighted by Gasteiger charge is -2.14. The van der Waals surface area contributed by atoms with Crippen molar-refractivity contribution < 1.29 is 14.3 Å². The van der Waals surface area contributed by atoms with Gasteiger partial charge in [0.1, 0.15) is 0 Å². The van der Waals surface area contributed by atoms with E-state index >= 15 is 0 Å². The van der Waals surface area contributed by atoms with E-state index in [0.717, 1.165) is 25.9 Å². The lowest BCUT2D eigenvalue weighted by atomic mass is 10.0. The second kappa shape index (κ2) is 9.82. The number of hydrogen-bond acceptors (Lipinski definition) is 3. The van der Waals surface area contributed by atoms with Crippen LogP contribution in [0.15, 0.2) is 0 Å². The van der Waals surface area contributed by atoms with Gasteiger partial charge in [0.05, 0.1) is 13.5 Å². The second-order valence-electron chi connectivity index (χ2n) is 5.29. The summed E-state index contributed by atoms with van der Waals surface area (Å²) in [5.74, 6) is -0.240. The van der Waals surface area contributed by atoms with Crippen LogP contribution in [-0.4, -0.2) is 37.0 Å². The zero-order valence-corrected chi connectivity index (χ0v) is 12.2. The Hall–Kier alpha value is -1.06. The zero-order valence-electron chi connectivity index (χ0n) is 12.2. The van der Waals surface area contributed by atoms with Crippen LogP contribution in [0.3, 0.4) is 0 Å². The Balaban J connectivity index is 0.000000250. The SMILES string of the molecule is C1CCCCC1.COC(=O)CCC(=O)N1CCCC1. The molecule has 0 atom stereocenters. The third-order valence-electron chi connectivity index (χ3n) is 3.73. The minimum absolute atomic E-state index is 0.0721. The Labute approximate surface area is 116 Å². The first-order valence-corrected chi connectivity index (χ1v) is 7.58. The van der Waals surface area contributed by atoms with Crippen LogP contribution >= 0.6 is 0 Å². The van der Waals surface area contributed by atoms with Gasteiger partial charge in [-0.1, -0.05) is 38.5 Å². The number of amides is 1. The molecule has 0 aromatic heterocycles. The molecule has 1 saturated carbocycles. The number of esters is 1. The van der Waals surface area contributed by atoms with E-state index in [2.05, 4.69) is 4.74 Å². The predicted octanol–water partition coefficient (Wildman–Crippen LogP) is 2.90. The van der Waals surface area contributed by atoms with E-state index in [1.54, 1.807) is 0 Å². The van der Waals surface area contributed by atoms with E-state index in [1.165, 1.54) is 45.6 Å². The number of carbonyl (C=O) groups is 2. The Morgan fingerprint density at radius 1 is 0.842 bits per heavy atom. The van der Waals surface area contributed by atoms with Crippen molar-refractivity contribution in [3.8, 4) is 0 Å².